The Kier molecular flexibility index (Phi) is 5.19. The van der Waals surface area contributed by atoms with E-state index in [2.05, 4.69) is 48.3 Å². The zero-order chi connectivity index (χ0) is 24.5. The molecule has 9 heteroatoms. The molecule has 172 valence electrons. The van der Waals surface area contributed by atoms with Crippen LogP contribution in [0.25, 0.3) is 23.4 Å². The Morgan fingerprint density at radius 2 is 1.33 bits per heavy atom. The van der Waals surface area contributed by atoms with E-state index in [9.17, 15) is 0 Å². The fourth-order valence-corrected chi connectivity index (χ4v) is 4.08. The minimum absolute atomic E-state index is 0.671. The van der Waals surface area contributed by atoms with E-state index in [-0.39, 0.29) is 0 Å². The third-order valence-corrected chi connectivity index (χ3v) is 5.82. The summed E-state index contributed by atoms with van der Waals surface area (Å²) in [6.07, 6.45) is 19.5. The zero-order valence-corrected chi connectivity index (χ0v) is 19.1. The lowest BCUT2D eigenvalue weighted by Gasteiger charge is -2.25. The summed E-state index contributed by atoms with van der Waals surface area (Å²) in [6, 6.07) is 7.71. The molecule has 0 saturated carbocycles. The van der Waals surface area contributed by atoms with Crippen LogP contribution in [0, 0.1) is 0 Å². The first-order valence-electron chi connectivity index (χ1n) is 11.1. The minimum Gasteiger partial charge on any atom is -0.302 e. The molecule has 0 unspecified atom stereocenters. The maximum absolute atomic E-state index is 4.60. The van der Waals surface area contributed by atoms with Crippen molar-refractivity contribution in [3.05, 3.63) is 115 Å². The summed E-state index contributed by atoms with van der Waals surface area (Å²) in [4.78, 5) is 25.9. The summed E-state index contributed by atoms with van der Waals surface area (Å²) in [5.41, 5.74) is 6.66. The Morgan fingerprint density at radius 1 is 0.694 bits per heavy atom. The summed E-state index contributed by atoms with van der Waals surface area (Å²) >= 11 is 0. The highest BCUT2D eigenvalue weighted by Gasteiger charge is 2.20. The van der Waals surface area contributed by atoms with Crippen molar-refractivity contribution in [2.45, 2.75) is 0 Å². The van der Waals surface area contributed by atoms with Crippen LogP contribution in [0.2, 0.25) is 0 Å². The largest absolute Gasteiger partial charge is 0.302 e. The summed E-state index contributed by atoms with van der Waals surface area (Å²) in [5, 5.41) is 8.68. The molecule has 2 aromatic rings. The van der Waals surface area contributed by atoms with Crippen LogP contribution in [-0.4, -0.2) is 37.6 Å². The monoisotopic (exact) mass is 469 g/mol. The molecule has 4 aliphatic heterocycles. The molecule has 0 amide bonds. The summed E-state index contributed by atoms with van der Waals surface area (Å²) in [5.74, 6) is 1.38. The summed E-state index contributed by atoms with van der Waals surface area (Å²) < 4.78 is 0. The van der Waals surface area contributed by atoms with E-state index in [0.717, 1.165) is 28.1 Å². The minimum atomic E-state index is 0.671. The number of hydrogen-bond donors (Lipinski definition) is 0. The van der Waals surface area contributed by atoms with Crippen molar-refractivity contribution in [2.75, 3.05) is 9.80 Å². The van der Waals surface area contributed by atoms with Crippen LogP contribution >= 0.6 is 0 Å². The number of aliphatic imine (C=N–C) groups is 2. The first kappa shape index (κ1) is 21.2. The number of nitrogens with zero attached hydrogens (tertiary/aromatic N) is 9. The van der Waals surface area contributed by atoms with Crippen molar-refractivity contribution >= 4 is 36.0 Å². The van der Waals surface area contributed by atoms with Crippen molar-refractivity contribution in [1.82, 2.24) is 25.1 Å². The molecule has 0 spiro atoms. The second kappa shape index (κ2) is 8.80. The highest BCUT2D eigenvalue weighted by molar-refractivity contribution is 5.94. The SMILES string of the molecule is C=CN1/C(=C\c2ccc3c(/C=C4/N=Cc5cnccc5N4C=C)nnc-3cn2)N=Cc2cnccc21. The highest BCUT2D eigenvalue weighted by atomic mass is 15.2. The molecule has 0 atom stereocenters. The number of hydrogen-bond acceptors (Lipinski definition) is 9. The van der Waals surface area contributed by atoms with Gasteiger partial charge in [0.2, 0.25) is 0 Å². The molecule has 0 bridgehead atoms. The molecule has 0 saturated heterocycles. The number of pyridine rings is 2. The van der Waals surface area contributed by atoms with Gasteiger partial charge >= 0.3 is 0 Å². The smallest absolute Gasteiger partial charge is 0.139 e. The molecule has 6 heterocycles. The Hall–Kier alpha value is -5.31. The topological polar surface area (TPSA) is 95.7 Å². The van der Waals surface area contributed by atoms with E-state index in [1.54, 1.807) is 55.8 Å². The zero-order valence-electron chi connectivity index (χ0n) is 19.1. The lowest BCUT2D eigenvalue weighted by atomic mass is 10.1. The molecule has 6 rings (SSSR count). The Balaban J connectivity index is 1.36. The van der Waals surface area contributed by atoms with E-state index < -0.39 is 0 Å². The number of aromatic nitrogens is 5. The summed E-state index contributed by atoms with van der Waals surface area (Å²) in [7, 11) is 0. The van der Waals surface area contributed by atoms with Gasteiger partial charge in [0, 0.05) is 78.5 Å². The van der Waals surface area contributed by atoms with E-state index in [4.69, 9.17) is 0 Å². The number of anilines is 2. The quantitative estimate of drug-likeness (QED) is 0.433. The molecule has 0 fully saturated rings. The second-order valence-corrected chi connectivity index (χ2v) is 7.90. The van der Waals surface area contributed by atoms with Crippen LogP contribution in [0.3, 0.4) is 0 Å². The van der Waals surface area contributed by atoms with Crippen molar-refractivity contribution in [3.63, 3.8) is 0 Å². The van der Waals surface area contributed by atoms with Gasteiger partial charge in [-0.15, -0.1) is 10.2 Å². The van der Waals surface area contributed by atoms with E-state index in [0.29, 0.717) is 28.7 Å². The van der Waals surface area contributed by atoms with Crippen LogP contribution in [0.4, 0.5) is 11.4 Å². The van der Waals surface area contributed by atoms with Crippen molar-refractivity contribution in [1.29, 1.82) is 0 Å². The van der Waals surface area contributed by atoms with Gasteiger partial charge in [-0.3, -0.25) is 15.0 Å². The van der Waals surface area contributed by atoms with Crippen molar-refractivity contribution in [2.24, 2.45) is 9.98 Å². The van der Waals surface area contributed by atoms with Gasteiger partial charge in [-0.05, 0) is 24.3 Å². The van der Waals surface area contributed by atoms with Crippen LogP contribution in [0.15, 0.2) is 102 Å². The van der Waals surface area contributed by atoms with Gasteiger partial charge < -0.3 is 9.80 Å². The van der Waals surface area contributed by atoms with Gasteiger partial charge in [0.05, 0.1) is 29.0 Å². The first-order valence-corrected chi connectivity index (χ1v) is 11.1. The molecular weight excluding hydrogens is 450 g/mol. The third-order valence-electron chi connectivity index (χ3n) is 5.82. The van der Waals surface area contributed by atoms with Gasteiger partial charge in [0.25, 0.3) is 0 Å². The lowest BCUT2D eigenvalue weighted by Crippen LogP contribution is -2.19. The molecule has 36 heavy (non-hydrogen) atoms. The Labute approximate surface area is 207 Å². The van der Waals surface area contributed by atoms with Crippen LogP contribution in [0.5, 0.6) is 0 Å². The van der Waals surface area contributed by atoms with Gasteiger partial charge in [0.15, 0.2) is 0 Å². The molecule has 0 aliphatic carbocycles. The van der Waals surface area contributed by atoms with E-state index >= 15 is 0 Å². The first-order chi connectivity index (χ1) is 17.7. The average molecular weight is 470 g/mol. The van der Waals surface area contributed by atoms with Crippen LogP contribution in [-0.2, 0) is 0 Å². The molecule has 2 aromatic heterocycles. The normalized spacial score (nSPS) is 16.3. The maximum atomic E-state index is 4.60. The third kappa shape index (κ3) is 3.64. The predicted molar refractivity (Wildman–Crippen MR) is 141 cm³/mol. The molecular formula is C27H19N9. The second-order valence-electron chi connectivity index (χ2n) is 7.90. The maximum Gasteiger partial charge on any atom is 0.139 e. The van der Waals surface area contributed by atoms with Gasteiger partial charge in [-0.25, -0.2) is 9.98 Å². The Morgan fingerprint density at radius 3 is 1.97 bits per heavy atom. The summed E-state index contributed by atoms with van der Waals surface area (Å²) in [6.45, 7) is 7.88. The lowest BCUT2D eigenvalue weighted by molar-refractivity contribution is 1.07. The van der Waals surface area contributed by atoms with Crippen molar-refractivity contribution < 1.29 is 0 Å². The van der Waals surface area contributed by atoms with Crippen LogP contribution in [0.1, 0.15) is 22.5 Å². The van der Waals surface area contributed by atoms with Gasteiger partial charge in [-0.1, -0.05) is 13.2 Å². The molecule has 0 radical (unpaired) electrons. The number of rotatable bonds is 4. The van der Waals surface area contributed by atoms with Gasteiger partial charge in [0.1, 0.15) is 17.3 Å². The van der Waals surface area contributed by atoms with Crippen LogP contribution < -0.4 is 9.80 Å². The highest BCUT2D eigenvalue weighted by Crippen LogP contribution is 2.31. The fourth-order valence-electron chi connectivity index (χ4n) is 4.08. The standard InChI is InChI=1S/C27H19N9/c1-3-35-24-7-9-28-13-18(24)15-31-26(35)11-20-5-6-21-22(33-34-23(21)17-30-20)12-27-32-16-19-14-29-10-8-25(19)36(27)4-2/h3-17H,1-2H2/b26-11-,27-12-. The molecule has 0 aromatic carbocycles. The van der Waals surface area contributed by atoms with Crippen molar-refractivity contribution in [3.8, 4) is 11.3 Å². The molecule has 4 aliphatic rings. The van der Waals surface area contributed by atoms with Gasteiger partial charge in [-0.2, -0.15) is 0 Å². The Bertz CT molecular complexity index is 1600. The van der Waals surface area contributed by atoms with E-state index in [1.807, 2.05) is 46.2 Å². The molecule has 9 nitrogen and oxygen atoms in total. The molecule has 0 N–H and O–H groups in total. The van der Waals surface area contributed by atoms with E-state index in [1.165, 1.54) is 0 Å². The average Bonchev–Trinajstić information content (AvgIpc) is 3.18. The number of fused-ring (bicyclic) bond motifs is 3. The fraction of sp³-hybridized carbons (Fsp3) is 0. The predicted octanol–water partition coefficient (Wildman–Crippen LogP) is 4.53.